The van der Waals surface area contributed by atoms with Crippen LogP contribution in [0, 0.1) is 0 Å². The van der Waals surface area contributed by atoms with E-state index in [-0.39, 0.29) is 5.41 Å². The molecule has 122 valence electrons. The molecular weight excluding hydrogens is 314 g/mol. The summed E-state index contributed by atoms with van der Waals surface area (Å²) < 4.78 is 31.2. The molecule has 4 heterocycles. The van der Waals surface area contributed by atoms with E-state index in [0.717, 1.165) is 43.2 Å². The molecule has 0 bridgehead atoms. The van der Waals surface area contributed by atoms with E-state index >= 15 is 0 Å². The maximum Gasteiger partial charge on any atom is 0.232 e. The molecule has 0 aromatic carbocycles. The van der Waals surface area contributed by atoms with Crippen LogP contribution >= 0.6 is 0 Å². The Labute approximate surface area is 135 Å². The Morgan fingerprint density at radius 2 is 2.17 bits per heavy atom. The molecule has 0 aliphatic carbocycles. The van der Waals surface area contributed by atoms with E-state index in [2.05, 4.69) is 9.88 Å². The summed E-state index contributed by atoms with van der Waals surface area (Å²) >= 11 is 0. The van der Waals surface area contributed by atoms with Crippen LogP contribution in [0.2, 0.25) is 0 Å². The summed E-state index contributed by atoms with van der Waals surface area (Å²) in [5, 5.41) is 0. The van der Waals surface area contributed by atoms with E-state index in [0.29, 0.717) is 6.54 Å². The van der Waals surface area contributed by atoms with Crippen LogP contribution in [0.3, 0.4) is 0 Å². The van der Waals surface area contributed by atoms with Crippen molar-refractivity contribution >= 4 is 15.7 Å². The molecule has 2 aromatic heterocycles. The third kappa shape index (κ3) is 2.44. The molecule has 2 aliphatic rings. The van der Waals surface area contributed by atoms with Crippen LogP contribution in [0.1, 0.15) is 17.9 Å². The fraction of sp³-hybridized carbons (Fsp3) is 0.438. The summed E-state index contributed by atoms with van der Waals surface area (Å²) in [6.45, 7) is 2.93. The molecule has 1 fully saturated rings. The number of fused-ring (bicyclic) bond motifs is 2. The van der Waals surface area contributed by atoms with E-state index in [9.17, 15) is 8.42 Å². The van der Waals surface area contributed by atoms with Crippen molar-refractivity contribution in [3.63, 3.8) is 0 Å². The fourth-order valence-electron chi connectivity index (χ4n) is 3.78. The summed E-state index contributed by atoms with van der Waals surface area (Å²) in [4.78, 5) is 6.84. The van der Waals surface area contributed by atoms with Gasteiger partial charge in [0.25, 0.3) is 0 Å². The number of furan rings is 1. The van der Waals surface area contributed by atoms with Crippen molar-refractivity contribution < 1.29 is 12.8 Å². The van der Waals surface area contributed by atoms with E-state index in [1.165, 1.54) is 10.6 Å². The molecular formula is C16H19N3O3S. The van der Waals surface area contributed by atoms with Gasteiger partial charge in [0, 0.05) is 24.7 Å². The smallest absolute Gasteiger partial charge is 0.232 e. The Morgan fingerprint density at radius 3 is 2.91 bits per heavy atom. The summed E-state index contributed by atoms with van der Waals surface area (Å²) in [6, 6.07) is 7.51. The standard InChI is InChI=1S/C16H19N3O3S/c1-23(20,21)19-12-16(15-14(19)5-2-7-17-15)6-8-18(11-16)10-13-4-3-9-22-13/h2-5,7,9H,6,8,10-12H2,1H3. The molecule has 23 heavy (non-hydrogen) atoms. The SMILES string of the molecule is CS(=O)(=O)N1CC2(CCN(Cc3ccco3)C2)c2ncccc21. The van der Waals surface area contributed by atoms with E-state index < -0.39 is 10.0 Å². The summed E-state index contributed by atoms with van der Waals surface area (Å²) in [5.74, 6) is 0.932. The van der Waals surface area contributed by atoms with Gasteiger partial charge < -0.3 is 4.42 Å². The van der Waals surface area contributed by atoms with E-state index in [4.69, 9.17) is 4.42 Å². The predicted molar refractivity (Wildman–Crippen MR) is 86.7 cm³/mol. The molecule has 1 atom stereocenters. The third-order valence-electron chi connectivity index (χ3n) is 4.80. The molecule has 0 saturated carbocycles. The van der Waals surface area contributed by atoms with E-state index in [1.54, 1.807) is 18.5 Å². The highest BCUT2D eigenvalue weighted by Crippen LogP contribution is 2.46. The number of hydrogen-bond donors (Lipinski definition) is 0. The lowest BCUT2D eigenvalue weighted by Crippen LogP contribution is -2.38. The van der Waals surface area contributed by atoms with Crippen molar-refractivity contribution in [3.05, 3.63) is 48.2 Å². The molecule has 6 nitrogen and oxygen atoms in total. The minimum absolute atomic E-state index is 0.216. The maximum absolute atomic E-state index is 12.1. The van der Waals surface area contributed by atoms with Crippen LogP contribution in [0.15, 0.2) is 41.1 Å². The van der Waals surface area contributed by atoms with Gasteiger partial charge in [-0.2, -0.15) is 0 Å². The van der Waals surface area contributed by atoms with Crippen LogP contribution in [-0.4, -0.2) is 44.2 Å². The summed E-state index contributed by atoms with van der Waals surface area (Å²) in [6.07, 6.45) is 5.60. The lowest BCUT2D eigenvalue weighted by Gasteiger charge is -2.24. The minimum Gasteiger partial charge on any atom is -0.468 e. The number of aromatic nitrogens is 1. The maximum atomic E-state index is 12.1. The number of likely N-dealkylation sites (tertiary alicyclic amines) is 1. The van der Waals surface area contributed by atoms with Crippen molar-refractivity contribution in [3.8, 4) is 0 Å². The highest BCUT2D eigenvalue weighted by molar-refractivity contribution is 7.92. The molecule has 1 spiro atoms. The zero-order valence-electron chi connectivity index (χ0n) is 13.0. The number of sulfonamides is 1. The topological polar surface area (TPSA) is 66.7 Å². The number of anilines is 1. The van der Waals surface area contributed by atoms with E-state index in [1.807, 2.05) is 18.2 Å². The molecule has 2 aliphatic heterocycles. The zero-order chi connectivity index (χ0) is 16.1. The van der Waals surface area contributed by atoms with Crippen LogP contribution in [0.4, 0.5) is 5.69 Å². The fourth-order valence-corrected chi connectivity index (χ4v) is 4.76. The van der Waals surface area contributed by atoms with Gasteiger partial charge in [0.05, 0.1) is 30.4 Å². The van der Waals surface area contributed by atoms with Gasteiger partial charge in [-0.05, 0) is 37.2 Å². The number of hydrogen-bond acceptors (Lipinski definition) is 5. The largest absolute Gasteiger partial charge is 0.468 e. The first-order valence-corrected chi connectivity index (χ1v) is 9.51. The van der Waals surface area contributed by atoms with Crippen molar-refractivity contribution in [2.24, 2.45) is 0 Å². The molecule has 2 aromatic rings. The van der Waals surface area contributed by atoms with Crippen LogP contribution in [0.5, 0.6) is 0 Å². The van der Waals surface area contributed by atoms with Gasteiger partial charge in [-0.15, -0.1) is 0 Å². The van der Waals surface area contributed by atoms with Crippen molar-refractivity contribution in [2.45, 2.75) is 18.4 Å². The van der Waals surface area contributed by atoms with Gasteiger partial charge >= 0.3 is 0 Å². The molecule has 0 amide bonds. The van der Waals surface area contributed by atoms with Gasteiger partial charge in [0.2, 0.25) is 10.0 Å². The Bertz CT molecular complexity index is 819. The second-order valence-corrected chi connectivity index (χ2v) is 8.37. The first kappa shape index (κ1) is 14.7. The highest BCUT2D eigenvalue weighted by Gasteiger charge is 2.50. The Morgan fingerprint density at radius 1 is 1.30 bits per heavy atom. The number of rotatable bonds is 3. The Hall–Kier alpha value is -1.86. The first-order valence-electron chi connectivity index (χ1n) is 7.66. The van der Waals surface area contributed by atoms with Gasteiger partial charge in [-0.25, -0.2) is 8.42 Å². The Kier molecular flexibility index (Phi) is 3.24. The average molecular weight is 333 g/mol. The summed E-state index contributed by atoms with van der Waals surface area (Å²) in [7, 11) is -3.29. The molecule has 1 unspecified atom stereocenters. The lowest BCUT2D eigenvalue weighted by atomic mass is 9.85. The third-order valence-corrected chi connectivity index (χ3v) is 5.92. The predicted octanol–water partition coefficient (Wildman–Crippen LogP) is 1.60. The van der Waals surface area contributed by atoms with Crippen LogP contribution in [0.25, 0.3) is 0 Å². The highest BCUT2D eigenvalue weighted by atomic mass is 32.2. The monoisotopic (exact) mass is 333 g/mol. The second-order valence-electron chi connectivity index (χ2n) is 6.46. The van der Waals surface area contributed by atoms with Crippen molar-refractivity contribution in [1.82, 2.24) is 9.88 Å². The quantitative estimate of drug-likeness (QED) is 0.853. The van der Waals surface area contributed by atoms with Gasteiger partial charge in [-0.1, -0.05) is 0 Å². The van der Waals surface area contributed by atoms with Gasteiger partial charge in [0.1, 0.15) is 5.76 Å². The van der Waals surface area contributed by atoms with Crippen LogP contribution < -0.4 is 4.31 Å². The number of pyridine rings is 1. The van der Waals surface area contributed by atoms with Crippen LogP contribution in [-0.2, 0) is 22.0 Å². The zero-order valence-corrected chi connectivity index (χ0v) is 13.8. The van der Waals surface area contributed by atoms with Gasteiger partial charge in [0.15, 0.2) is 0 Å². The van der Waals surface area contributed by atoms with Crippen molar-refractivity contribution in [2.75, 3.05) is 30.2 Å². The van der Waals surface area contributed by atoms with Crippen molar-refractivity contribution in [1.29, 1.82) is 0 Å². The molecule has 4 rings (SSSR count). The Balaban J connectivity index is 1.65. The summed E-state index contributed by atoms with van der Waals surface area (Å²) in [5.41, 5.74) is 1.42. The van der Waals surface area contributed by atoms with Gasteiger partial charge in [-0.3, -0.25) is 14.2 Å². The molecule has 7 heteroatoms. The molecule has 0 radical (unpaired) electrons. The second kappa shape index (κ2) is 5.07. The molecule has 1 saturated heterocycles. The minimum atomic E-state index is -3.29. The average Bonchev–Trinajstić information content (AvgIpc) is 3.21. The first-order chi connectivity index (χ1) is 11.0. The normalized spacial score (nSPS) is 24.5. The number of nitrogens with zero attached hydrogens (tertiary/aromatic N) is 3. The lowest BCUT2D eigenvalue weighted by molar-refractivity contribution is 0.279. The molecule has 0 N–H and O–H groups in total.